The Kier molecular flexibility index (Phi) is 19.6. The van der Waals surface area contributed by atoms with Gasteiger partial charge in [0.25, 0.3) is 0 Å². The van der Waals surface area contributed by atoms with Gasteiger partial charge in [0.2, 0.25) is 0 Å². The van der Waals surface area contributed by atoms with Crippen molar-refractivity contribution >= 4 is 11.8 Å². The molecule has 2 fully saturated rings. The minimum atomic E-state index is -1.19. The molecule has 2 aliphatic heterocycles. The highest BCUT2D eigenvalue weighted by Gasteiger charge is 2.51. The van der Waals surface area contributed by atoms with Gasteiger partial charge in [0.1, 0.15) is 42.1 Å². The predicted octanol–water partition coefficient (Wildman–Crippen LogP) is 4.94. The fraction of sp³-hybridized carbons (Fsp3) is 1.00. The molecule has 9 nitrogen and oxygen atoms in total. The summed E-state index contributed by atoms with van der Waals surface area (Å²) in [5.41, 5.74) is -0.0535. The van der Waals surface area contributed by atoms with Gasteiger partial charge in [-0.15, -0.1) is 11.8 Å². The summed E-state index contributed by atoms with van der Waals surface area (Å²) < 4.78 is 44.2. The van der Waals surface area contributed by atoms with E-state index in [2.05, 4.69) is 41.5 Å². The van der Waals surface area contributed by atoms with E-state index in [1.165, 1.54) is 0 Å². The summed E-state index contributed by atoms with van der Waals surface area (Å²) in [7, 11) is 0. The van der Waals surface area contributed by atoms with Gasteiger partial charge in [-0.2, -0.15) is 0 Å². The molecule has 2 aliphatic rings. The Bertz CT molecular complexity index is 643. The average molecular weight is 609 g/mol. The molecule has 2 saturated heterocycles. The normalized spacial score (nSPS) is 34.2. The third kappa shape index (κ3) is 12.1. The van der Waals surface area contributed by atoms with Crippen LogP contribution in [-0.4, -0.2) is 110 Å². The van der Waals surface area contributed by atoms with Crippen LogP contribution in [-0.2, 0) is 33.2 Å². The Morgan fingerprint density at radius 1 is 0.634 bits per heavy atom. The fourth-order valence-electron chi connectivity index (χ4n) is 5.04. The topological polar surface area (TPSA) is 105 Å². The van der Waals surface area contributed by atoms with Crippen molar-refractivity contribution in [3.63, 3.8) is 0 Å². The molecule has 41 heavy (non-hydrogen) atoms. The molecule has 0 aromatic heterocycles. The lowest BCUT2D eigenvalue weighted by Gasteiger charge is -2.49. The van der Waals surface area contributed by atoms with Crippen molar-refractivity contribution in [3.8, 4) is 0 Å². The minimum absolute atomic E-state index is 0.0535. The van der Waals surface area contributed by atoms with Gasteiger partial charge < -0.3 is 43.4 Å². The van der Waals surface area contributed by atoms with Crippen molar-refractivity contribution in [2.45, 2.75) is 147 Å². The summed E-state index contributed by atoms with van der Waals surface area (Å²) in [6.45, 7) is 15.5. The molecule has 5 unspecified atom stereocenters. The first-order valence-electron chi connectivity index (χ1n) is 16.3. The number of thioether (sulfide) groups is 1. The number of unbranched alkanes of at least 4 members (excludes halogenated alkanes) is 4. The summed E-state index contributed by atoms with van der Waals surface area (Å²) in [5.74, 6) is 0.981. The van der Waals surface area contributed by atoms with E-state index in [0.717, 1.165) is 57.1 Å². The average Bonchev–Trinajstić information content (AvgIpc) is 2.96. The second kappa shape index (κ2) is 21.7. The number of aliphatic hydroxyl groups excluding tert-OH is 2. The van der Waals surface area contributed by atoms with E-state index in [1.54, 1.807) is 11.8 Å². The van der Waals surface area contributed by atoms with Crippen LogP contribution in [0.4, 0.5) is 0 Å². The highest BCUT2D eigenvalue weighted by molar-refractivity contribution is 7.99. The van der Waals surface area contributed by atoms with Crippen LogP contribution in [0.3, 0.4) is 0 Å². The van der Waals surface area contributed by atoms with Crippen LogP contribution in [0, 0.1) is 5.92 Å². The monoisotopic (exact) mass is 608 g/mol. The maximum absolute atomic E-state index is 11.2. The van der Waals surface area contributed by atoms with Crippen LogP contribution in [0.5, 0.6) is 0 Å². The van der Waals surface area contributed by atoms with Gasteiger partial charge in [0.15, 0.2) is 6.29 Å². The molecule has 0 aromatic rings. The van der Waals surface area contributed by atoms with E-state index in [1.807, 2.05) is 0 Å². The molecule has 2 heterocycles. The summed E-state index contributed by atoms with van der Waals surface area (Å²) in [6, 6.07) is 0. The molecular formula is C31H60O9S. The second-order valence-corrected chi connectivity index (χ2v) is 12.6. The Morgan fingerprint density at radius 2 is 1.17 bits per heavy atom. The Labute approximate surface area is 253 Å². The molecule has 2 N–H and O–H groups in total. The van der Waals surface area contributed by atoms with E-state index in [9.17, 15) is 10.2 Å². The van der Waals surface area contributed by atoms with Crippen molar-refractivity contribution < 1.29 is 43.4 Å². The third-order valence-electron chi connectivity index (χ3n) is 7.68. The molecule has 2 rings (SSSR count). The van der Waals surface area contributed by atoms with Gasteiger partial charge in [0.05, 0.1) is 19.3 Å². The van der Waals surface area contributed by atoms with Gasteiger partial charge in [-0.25, -0.2) is 0 Å². The van der Waals surface area contributed by atoms with Crippen LogP contribution in [0.1, 0.15) is 92.9 Å². The zero-order valence-corrected chi connectivity index (χ0v) is 27.4. The Balaban J connectivity index is 2.32. The highest BCUT2D eigenvalue weighted by atomic mass is 32.2. The van der Waals surface area contributed by atoms with Crippen LogP contribution in [0.25, 0.3) is 0 Å². The molecule has 0 amide bonds. The summed E-state index contributed by atoms with van der Waals surface area (Å²) in [4.78, 5) is 0. The number of hydrogen-bond acceptors (Lipinski definition) is 10. The van der Waals surface area contributed by atoms with Crippen LogP contribution in [0.15, 0.2) is 0 Å². The zero-order chi connectivity index (χ0) is 30.0. The SMILES string of the molecule is CCCCOCC1OC(O[C@@H]2C(COCCCC)OC(SCC)[C@@H](C)[C@H]2OCCCC)[C@@H](OCCCC)[C@H](O)C1O. The van der Waals surface area contributed by atoms with E-state index >= 15 is 0 Å². The summed E-state index contributed by atoms with van der Waals surface area (Å²) >= 11 is 1.77. The van der Waals surface area contributed by atoms with E-state index in [4.69, 9.17) is 33.2 Å². The van der Waals surface area contributed by atoms with Crippen molar-refractivity contribution in [1.82, 2.24) is 0 Å². The standard InChI is InChI=1S/C31H60O9S/c1-7-12-16-34-20-23-25(32)26(33)29(37-19-15-10-4)30(38-23)40-28-24(21-35-17-13-8-2)39-31(41-11-5)22(6)27(28)36-18-14-9-3/h22-33H,7-21H2,1-6H3/t22-,23?,24?,25?,26+,27+,28+,29-,30?,31?/m0/s1. The summed E-state index contributed by atoms with van der Waals surface area (Å²) in [5, 5.41) is 22.1. The molecule has 0 bridgehead atoms. The Hall–Kier alpha value is -0.0100. The molecule has 10 heteroatoms. The van der Waals surface area contributed by atoms with Gasteiger partial charge >= 0.3 is 0 Å². The second-order valence-electron chi connectivity index (χ2n) is 11.2. The predicted molar refractivity (Wildman–Crippen MR) is 162 cm³/mol. The lowest BCUT2D eigenvalue weighted by molar-refractivity contribution is -0.345. The third-order valence-corrected chi connectivity index (χ3v) is 8.88. The highest BCUT2D eigenvalue weighted by Crippen LogP contribution is 2.38. The van der Waals surface area contributed by atoms with E-state index in [-0.39, 0.29) is 30.2 Å². The molecule has 0 aliphatic carbocycles. The van der Waals surface area contributed by atoms with Crippen molar-refractivity contribution in [1.29, 1.82) is 0 Å². The van der Waals surface area contributed by atoms with Crippen LogP contribution in [0.2, 0.25) is 0 Å². The van der Waals surface area contributed by atoms with Crippen molar-refractivity contribution in [2.75, 3.05) is 45.4 Å². The number of aliphatic hydroxyl groups is 2. The van der Waals surface area contributed by atoms with Gasteiger partial charge in [-0.05, 0) is 31.4 Å². The first kappa shape index (κ1) is 37.2. The first-order chi connectivity index (χ1) is 19.9. The Morgan fingerprint density at radius 3 is 1.73 bits per heavy atom. The molecular weight excluding hydrogens is 548 g/mol. The largest absolute Gasteiger partial charge is 0.387 e. The van der Waals surface area contributed by atoms with Gasteiger partial charge in [-0.1, -0.05) is 67.2 Å². The van der Waals surface area contributed by atoms with Crippen LogP contribution >= 0.6 is 11.8 Å². The first-order valence-corrected chi connectivity index (χ1v) is 17.3. The lowest BCUT2D eigenvalue weighted by atomic mass is 9.92. The molecule has 0 spiro atoms. The minimum Gasteiger partial charge on any atom is -0.387 e. The van der Waals surface area contributed by atoms with Crippen molar-refractivity contribution in [2.24, 2.45) is 5.92 Å². The van der Waals surface area contributed by atoms with Crippen molar-refractivity contribution in [3.05, 3.63) is 0 Å². The van der Waals surface area contributed by atoms with E-state index in [0.29, 0.717) is 33.0 Å². The molecule has 244 valence electrons. The van der Waals surface area contributed by atoms with Gasteiger partial charge in [0, 0.05) is 32.3 Å². The van der Waals surface area contributed by atoms with Crippen LogP contribution < -0.4 is 0 Å². The molecule has 10 atom stereocenters. The fourth-order valence-corrected chi connectivity index (χ4v) is 6.05. The number of hydrogen-bond donors (Lipinski definition) is 2. The quantitative estimate of drug-likeness (QED) is 0.164. The summed E-state index contributed by atoms with van der Waals surface area (Å²) in [6.07, 6.45) is 1.65. The van der Waals surface area contributed by atoms with Gasteiger partial charge in [-0.3, -0.25) is 0 Å². The molecule has 0 radical (unpaired) electrons. The van der Waals surface area contributed by atoms with E-state index < -0.39 is 36.8 Å². The number of rotatable bonds is 22. The molecule has 0 aromatic carbocycles. The zero-order valence-electron chi connectivity index (χ0n) is 26.5. The smallest absolute Gasteiger partial charge is 0.187 e. The molecule has 0 saturated carbocycles. The number of ether oxygens (including phenoxy) is 7. The maximum atomic E-state index is 11.2. The lowest BCUT2D eigenvalue weighted by Crippen LogP contribution is -2.64. The maximum Gasteiger partial charge on any atom is 0.187 e.